The summed E-state index contributed by atoms with van der Waals surface area (Å²) in [5.41, 5.74) is 0. The van der Waals surface area contributed by atoms with Gasteiger partial charge in [0.05, 0.1) is 0 Å². The van der Waals surface area contributed by atoms with Crippen molar-refractivity contribution in [2.45, 2.75) is 271 Å². The van der Waals surface area contributed by atoms with Crippen molar-refractivity contribution in [3.8, 4) is 0 Å². The summed E-state index contributed by atoms with van der Waals surface area (Å²) < 4.78 is 16.8. The fraction of sp³-hybridized carbons (Fsp3) is 0.638. The van der Waals surface area contributed by atoms with E-state index in [1.54, 1.807) is 0 Å². The second-order valence-corrected chi connectivity index (χ2v) is 19.9. The standard InChI is InChI=1S/C69H112O6/c1-4-7-10-13-16-19-22-25-28-31-34-37-40-43-46-49-52-55-58-61-67(70)73-64-66(75-69(72)63-60-57-54-51-48-45-42-39-36-33-30-27-24-21-18-15-12-9-6-3)65-74-68(71)62-59-56-53-50-47-44-41-38-35-32-29-26-23-20-17-14-11-8-5-2/h7,9-10,12,16-21,23,25-28,30,34,37,43,46,52,55,66H,4-6,8,11,13-15,22,24,29,31-33,35-36,38-42,44-45,47-51,53-54,56-65H2,1-3H3/b10-7-,12-9-,19-16-,20-17-,21-18-,26-23-,28-25-,30-27-,37-34-,46-43-,55-52-. The van der Waals surface area contributed by atoms with E-state index in [1.165, 1.54) is 116 Å². The summed E-state index contributed by atoms with van der Waals surface area (Å²) in [7, 11) is 0. The highest BCUT2D eigenvalue weighted by atomic mass is 16.6. The van der Waals surface area contributed by atoms with Crippen LogP contribution in [0.1, 0.15) is 265 Å². The number of hydrogen-bond donors (Lipinski definition) is 0. The second kappa shape index (κ2) is 62.1. The minimum absolute atomic E-state index is 0.109. The number of ether oxygens (including phenoxy) is 3. The number of allylic oxidation sites excluding steroid dienone is 22. The SMILES string of the molecule is CC/C=C\C/C=C\C/C=C\C/C=C\C/C=C\C/C=C\CCC(=O)OCC(COC(=O)CCCCCCCCCCCC/C=C\C=C/CCCCC)OC(=O)CCCCCCCCCCC/C=C\C/C=C\C/C=C\CC. The second-order valence-electron chi connectivity index (χ2n) is 19.9. The molecule has 1 atom stereocenters. The van der Waals surface area contributed by atoms with Crippen LogP contribution in [-0.4, -0.2) is 37.2 Å². The van der Waals surface area contributed by atoms with Gasteiger partial charge in [0.15, 0.2) is 6.10 Å². The zero-order chi connectivity index (χ0) is 54.3. The molecule has 0 aliphatic rings. The Morgan fingerprint density at radius 2 is 0.587 bits per heavy atom. The quantitative estimate of drug-likeness (QED) is 0.0199. The molecule has 0 aliphatic carbocycles. The summed E-state index contributed by atoms with van der Waals surface area (Å²) in [6, 6.07) is 0. The van der Waals surface area contributed by atoms with Crippen LogP contribution < -0.4 is 0 Å². The number of carbonyl (C=O) groups is 3. The molecular formula is C69H112O6. The fourth-order valence-corrected chi connectivity index (χ4v) is 8.12. The van der Waals surface area contributed by atoms with Crippen LogP contribution in [-0.2, 0) is 28.6 Å². The largest absolute Gasteiger partial charge is 0.462 e. The molecule has 0 radical (unpaired) electrons. The van der Waals surface area contributed by atoms with Gasteiger partial charge < -0.3 is 14.2 Å². The van der Waals surface area contributed by atoms with Crippen molar-refractivity contribution in [1.29, 1.82) is 0 Å². The average Bonchev–Trinajstić information content (AvgIpc) is 3.41. The van der Waals surface area contributed by atoms with Crippen LogP contribution in [0.3, 0.4) is 0 Å². The van der Waals surface area contributed by atoms with E-state index in [1.807, 2.05) is 6.08 Å². The highest BCUT2D eigenvalue weighted by Gasteiger charge is 2.19. The maximum absolute atomic E-state index is 12.9. The summed E-state index contributed by atoms with van der Waals surface area (Å²) in [5, 5.41) is 0. The van der Waals surface area contributed by atoms with Gasteiger partial charge in [-0.15, -0.1) is 0 Å². The molecule has 0 rings (SSSR count). The van der Waals surface area contributed by atoms with E-state index < -0.39 is 6.10 Å². The third-order valence-electron chi connectivity index (χ3n) is 12.7. The van der Waals surface area contributed by atoms with Crippen molar-refractivity contribution in [3.05, 3.63) is 134 Å². The molecule has 6 heteroatoms. The lowest BCUT2D eigenvalue weighted by Crippen LogP contribution is -2.30. The zero-order valence-corrected chi connectivity index (χ0v) is 48.5. The van der Waals surface area contributed by atoms with Crippen LogP contribution in [0.5, 0.6) is 0 Å². The number of hydrogen-bond acceptors (Lipinski definition) is 6. The Kier molecular flexibility index (Phi) is 58.4. The van der Waals surface area contributed by atoms with E-state index in [0.717, 1.165) is 103 Å². The molecule has 0 saturated heterocycles. The van der Waals surface area contributed by atoms with Gasteiger partial charge in [-0.1, -0.05) is 264 Å². The molecule has 0 saturated carbocycles. The first kappa shape index (κ1) is 70.5. The van der Waals surface area contributed by atoms with Crippen LogP contribution in [0.2, 0.25) is 0 Å². The molecule has 0 aromatic rings. The topological polar surface area (TPSA) is 78.9 Å². The summed E-state index contributed by atoms with van der Waals surface area (Å²) in [6.07, 6.45) is 87.4. The Balaban J connectivity index is 4.52. The lowest BCUT2D eigenvalue weighted by Gasteiger charge is -2.18. The van der Waals surface area contributed by atoms with E-state index in [4.69, 9.17) is 14.2 Å². The lowest BCUT2D eigenvalue weighted by atomic mass is 10.1. The predicted octanol–water partition coefficient (Wildman–Crippen LogP) is 21.0. The summed E-state index contributed by atoms with van der Waals surface area (Å²) in [4.78, 5) is 38.3. The maximum atomic E-state index is 12.9. The van der Waals surface area contributed by atoms with E-state index in [-0.39, 0.29) is 37.5 Å². The molecule has 0 fully saturated rings. The van der Waals surface area contributed by atoms with E-state index in [9.17, 15) is 14.4 Å². The molecule has 424 valence electrons. The molecule has 75 heavy (non-hydrogen) atoms. The van der Waals surface area contributed by atoms with Crippen molar-refractivity contribution < 1.29 is 28.6 Å². The van der Waals surface area contributed by atoms with E-state index >= 15 is 0 Å². The number of esters is 3. The molecular weight excluding hydrogens is 925 g/mol. The maximum Gasteiger partial charge on any atom is 0.306 e. The van der Waals surface area contributed by atoms with Crippen LogP contribution in [0.4, 0.5) is 0 Å². The molecule has 0 heterocycles. The minimum Gasteiger partial charge on any atom is -0.462 e. The van der Waals surface area contributed by atoms with Gasteiger partial charge in [0.1, 0.15) is 13.2 Å². The van der Waals surface area contributed by atoms with Crippen molar-refractivity contribution in [3.63, 3.8) is 0 Å². The first-order chi connectivity index (χ1) is 37.0. The Morgan fingerprint density at radius 1 is 0.293 bits per heavy atom. The molecule has 0 aromatic heterocycles. The summed E-state index contributed by atoms with van der Waals surface area (Å²) >= 11 is 0. The van der Waals surface area contributed by atoms with Crippen LogP contribution >= 0.6 is 0 Å². The molecule has 0 bridgehead atoms. The van der Waals surface area contributed by atoms with Gasteiger partial charge in [-0.2, -0.15) is 0 Å². The molecule has 0 aliphatic heterocycles. The normalized spacial score (nSPS) is 13.1. The predicted molar refractivity (Wildman–Crippen MR) is 325 cm³/mol. The van der Waals surface area contributed by atoms with Crippen molar-refractivity contribution in [2.75, 3.05) is 13.2 Å². The summed E-state index contributed by atoms with van der Waals surface area (Å²) in [5.74, 6) is -1.00. The first-order valence-electron chi connectivity index (χ1n) is 30.7. The van der Waals surface area contributed by atoms with Gasteiger partial charge in [-0.25, -0.2) is 0 Å². The molecule has 0 aromatic carbocycles. The van der Waals surface area contributed by atoms with Crippen molar-refractivity contribution >= 4 is 17.9 Å². The van der Waals surface area contributed by atoms with Crippen LogP contribution in [0, 0.1) is 0 Å². The zero-order valence-electron chi connectivity index (χ0n) is 48.5. The Hall–Kier alpha value is -4.45. The van der Waals surface area contributed by atoms with Gasteiger partial charge in [-0.05, 0) is 116 Å². The van der Waals surface area contributed by atoms with Gasteiger partial charge >= 0.3 is 17.9 Å². The number of rotatable bonds is 54. The number of carbonyl (C=O) groups excluding carboxylic acids is 3. The van der Waals surface area contributed by atoms with Gasteiger partial charge in [0.25, 0.3) is 0 Å². The van der Waals surface area contributed by atoms with Crippen LogP contribution in [0.15, 0.2) is 134 Å². The Morgan fingerprint density at radius 3 is 0.973 bits per heavy atom. The lowest BCUT2D eigenvalue weighted by molar-refractivity contribution is -0.166. The summed E-state index contributed by atoms with van der Waals surface area (Å²) in [6.45, 7) is 6.32. The van der Waals surface area contributed by atoms with Crippen LogP contribution in [0.25, 0.3) is 0 Å². The molecule has 6 nitrogen and oxygen atoms in total. The third kappa shape index (κ3) is 60.3. The molecule has 0 N–H and O–H groups in total. The number of unbranched alkanes of at least 4 members (excludes halogenated alkanes) is 22. The van der Waals surface area contributed by atoms with Crippen molar-refractivity contribution in [1.82, 2.24) is 0 Å². The van der Waals surface area contributed by atoms with Gasteiger partial charge in [0, 0.05) is 19.3 Å². The van der Waals surface area contributed by atoms with E-state index in [0.29, 0.717) is 19.3 Å². The van der Waals surface area contributed by atoms with Crippen molar-refractivity contribution in [2.24, 2.45) is 0 Å². The fourth-order valence-electron chi connectivity index (χ4n) is 8.12. The molecule has 1 unspecified atom stereocenters. The van der Waals surface area contributed by atoms with E-state index in [2.05, 4.69) is 148 Å². The first-order valence-corrected chi connectivity index (χ1v) is 30.7. The minimum atomic E-state index is -0.819. The average molecular weight is 1040 g/mol. The molecule has 0 amide bonds. The Labute approximate surface area is 462 Å². The smallest absolute Gasteiger partial charge is 0.306 e. The Bertz CT molecular complexity index is 1620. The monoisotopic (exact) mass is 1040 g/mol. The highest BCUT2D eigenvalue weighted by Crippen LogP contribution is 2.15. The van der Waals surface area contributed by atoms with Gasteiger partial charge in [0.2, 0.25) is 0 Å². The third-order valence-corrected chi connectivity index (χ3v) is 12.7. The van der Waals surface area contributed by atoms with Gasteiger partial charge in [-0.3, -0.25) is 14.4 Å². The molecule has 0 spiro atoms. The highest BCUT2D eigenvalue weighted by molar-refractivity contribution is 5.71.